The first-order valence-electron chi connectivity index (χ1n) is 5.01. The van der Waals surface area contributed by atoms with Gasteiger partial charge in [0.05, 0.1) is 12.2 Å². The van der Waals surface area contributed by atoms with Gasteiger partial charge in [0.2, 0.25) is 5.91 Å². The smallest absolute Gasteiger partial charge is 0.233 e. The minimum Gasteiger partial charge on any atom is -0.409 e. The maximum atomic E-state index is 11.8. The van der Waals surface area contributed by atoms with Crippen LogP contribution in [0.4, 0.5) is 0 Å². The molecule has 0 aliphatic rings. The molecule has 1 heterocycles. The SMILES string of the molecule is CC(C)(C(=O)NCc1cccnn1)/C(N)=N/O. The number of hydrogen-bond donors (Lipinski definition) is 3. The van der Waals surface area contributed by atoms with Crippen LogP contribution in [0.1, 0.15) is 19.5 Å². The Balaban J connectivity index is 2.62. The second kappa shape index (κ2) is 5.24. The number of hydrogen-bond acceptors (Lipinski definition) is 5. The van der Waals surface area contributed by atoms with Crippen molar-refractivity contribution in [3.05, 3.63) is 24.0 Å². The van der Waals surface area contributed by atoms with Crippen LogP contribution < -0.4 is 11.1 Å². The Bertz CT molecular complexity index is 416. The Hall–Kier alpha value is -2.18. The van der Waals surface area contributed by atoms with Crippen LogP contribution in [0.25, 0.3) is 0 Å². The predicted molar refractivity (Wildman–Crippen MR) is 61.1 cm³/mol. The number of nitrogens with zero attached hydrogens (tertiary/aromatic N) is 3. The van der Waals surface area contributed by atoms with Crippen molar-refractivity contribution in [2.45, 2.75) is 20.4 Å². The maximum Gasteiger partial charge on any atom is 0.233 e. The summed E-state index contributed by atoms with van der Waals surface area (Å²) >= 11 is 0. The van der Waals surface area contributed by atoms with Crippen molar-refractivity contribution >= 4 is 11.7 Å². The summed E-state index contributed by atoms with van der Waals surface area (Å²) in [5.74, 6) is -0.493. The molecule has 0 aliphatic carbocycles. The summed E-state index contributed by atoms with van der Waals surface area (Å²) in [6.07, 6.45) is 1.55. The number of rotatable bonds is 4. The number of oxime groups is 1. The van der Waals surface area contributed by atoms with Gasteiger partial charge in [0.1, 0.15) is 5.41 Å². The van der Waals surface area contributed by atoms with Crippen LogP contribution in [-0.4, -0.2) is 27.1 Å². The molecule has 0 saturated heterocycles. The predicted octanol–water partition coefficient (Wildman–Crippen LogP) is -0.135. The van der Waals surface area contributed by atoms with Crippen LogP contribution in [-0.2, 0) is 11.3 Å². The van der Waals surface area contributed by atoms with E-state index in [1.54, 1.807) is 32.2 Å². The number of nitrogens with one attached hydrogen (secondary N) is 1. The second-order valence-corrected chi connectivity index (χ2v) is 4.01. The molecule has 17 heavy (non-hydrogen) atoms. The summed E-state index contributed by atoms with van der Waals surface area (Å²) in [7, 11) is 0. The molecular weight excluding hydrogens is 222 g/mol. The van der Waals surface area contributed by atoms with Gasteiger partial charge in [0, 0.05) is 6.20 Å². The van der Waals surface area contributed by atoms with Gasteiger partial charge in [0.25, 0.3) is 0 Å². The van der Waals surface area contributed by atoms with Gasteiger partial charge >= 0.3 is 0 Å². The van der Waals surface area contributed by atoms with E-state index in [1.807, 2.05) is 0 Å². The average Bonchev–Trinajstić information content (AvgIpc) is 2.35. The molecule has 1 amide bonds. The molecule has 1 aromatic rings. The Labute approximate surface area is 98.7 Å². The Morgan fingerprint density at radius 3 is 2.88 bits per heavy atom. The van der Waals surface area contributed by atoms with E-state index in [9.17, 15) is 4.79 Å². The standard InChI is InChI=1S/C10H15N5O2/c1-10(2,8(11)15-17)9(16)12-6-7-4-3-5-13-14-7/h3-5,17H,6H2,1-2H3,(H2,11,15)(H,12,16). The highest BCUT2D eigenvalue weighted by Crippen LogP contribution is 2.15. The van der Waals surface area contributed by atoms with E-state index in [4.69, 9.17) is 10.9 Å². The van der Waals surface area contributed by atoms with Gasteiger partial charge in [-0.1, -0.05) is 5.16 Å². The molecule has 0 atom stereocenters. The van der Waals surface area contributed by atoms with Crippen molar-refractivity contribution in [3.8, 4) is 0 Å². The molecule has 1 rings (SSSR count). The van der Waals surface area contributed by atoms with Crippen molar-refractivity contribution in [1.82, 2.24) is 15.5 Å². The zero-order chi connectivity index (χ0) is 12.9. The lowest BCUT2D eigenvalue weighted by molar-refractivity contribution is -0.126. The van der Waals surface area contributed by atoms with E-state index in [2.05, 4.69) is 20.7 Å². The van der Waals surface area contributed by atoms with E-state index >= 15 is 0 Å². The number of nitrogens with two attached hydrogens (primary N) is 1. The number of carbonyl (C=O) groups is 1. The lowest BCUT2D eigenvalue weighted by Gasteiger charge is -2.21. The van der Waals surface area contributed by atoms with Crippen LogP contribution in [0.3, 0.4) is 0 Å². The molecule has 0 unspecified atom stereocenters. The molecule has 4 N–H and O–H groups in total. The summed E-state index contributed by atoms with van der Waals surface area (Å²) in [5, 5.41) is 21.6. The molecule has 0 aromatic carbocycles. The van der Waals surface area contributed by atoms with Gasteiger partial charge in [0.15, 0.2) is 5.84 Å². The van der Waals surface area contributed by atoms with Crippen LogP contribution in [0, 0.1) is 5.41 Å². The fraction of sp³-hybridized carbons (Fsp3) is 0.400. The molecule has 0 saturated carbocycles. The Morgan fingerprint density at radius 1 is 1.65 bits per heavy atom. The van der Waals surface area contributed by atoms with Crippen molar-refractivity contribution in [2.24, 2.45) is 16.3 Å². The number of amides is 1. The van der Waals surface area contributed by atoms with Gasteiger partial charge in [-0.05, 0) is 26.0 Å². The molecule has 0 aliphatic heterocycles. The third-order valence-corrected chi connectivity index (χ3v) is 2.37. The molecule has 92 valence electrons. The van der Waals surface area contributed by atoms with E-state index in [1.165, 1.54) is 0 Å². The minimum absolute atomic E-state index is 0.144. The van der Waals surface area contributed by atoms with Gasteiger partial charge in [-0.25, -0.2) is 0 Å². The van der Waals surface area contributed by atoms with Crippen LogP contribution >= 0.6 is 0 Å². The quantitative estimate of drug-likeness (QED) is 0.292. The zero-order valence-corrected chi connectivity index (χ0v) is 9.71. The van der Waals surface area contributed by atoms with E-state index in [-0.39, 0.29) is 18.3 Å². The van der Waals surface area contributed by atoms with E-state index < -0.39 is 5.41 Å². The number of carbonyl (C=O) groups excluding carboxylic acids is 1. The normalized spacial score (nSPS) is 12.2. The van der Waals surface area contributed by atoms with Crippen LogP contribution in [0.5, 0.6) is 0 Å². The first-order valence-corrected chi connectivity index (χ1v) is 5.01. The highest BCUT2D eigenvalue weighted by molar-refractivity contribution is 6.05. The van der Waals surface area contributed by atoms with Crippen molar-refractivity contribution in [3.63, 3.8) is 0 Å². The monoisotopic (exact) mass is 237 g/mol. The van der Waals surface area contributed by atoms with Crippen LogP contribution in [0.15, 0.2) is 23.5 Å². The van der Waals surface area contributed by atoms with Crippen LogP contribution in [0.2, 0.25) is 0 Å². The molecule has 0 fully saturated rings. The van der Waals surface area contributed by atoms with Crippen molar-refractivity contribution in [1.29, 1.82) is 0 Å². The molecular formula is C10H15N5O2. The molecule has 0 radical (unpaired) electrons. The third kappa shape index (κ3) is 3.13. The summed E-state index contributed by atoms with van der Waals surface area (Å²) in [6, 6.07) is 3.47. The first kappa shape index (κ1) is 12.9. The average molecular weight is 237 g/mol. The summed E-state index contributed by atoms with van der Waals surface area (Å²) in [4.78, 5) is 11.8. The molecule has 0 bridgehead atoms. The van der Waals surface area contributed by atoms with Crippen molar-refractivity contribution in [2.75, 3.05) is 0 Å². The Kier molecular flexibility index (Phi) is 3.97. The minimum atomic E-state index is -1.07. The van der Waals surface area contributed by atoms with Gasteiger partial charge in [-0.3, -0.25) is 4.79 Å². The molecule has 1 aromatic heterocycles. The highest BCUT2D eigenvalue weighted by atomic mass is 16.4. The fourth-order valence-corrected chi connectivity index (χ4v) is 1.06. The fourth-order valence-electron chi connectivity index (χ4n) is 1.06. The van der Waals surface area contributed by atoms with Gasteiger partial charge in [-0.2, -0.15) is 10.2 Å². The molecule has 7 nitrogen and oxygen atoms in total. The Morgan fingerprint density at radius 2 is 2.35 bits per heavy atom. The number of amidine groups is 1. The second-order valence-electron chi connectivity index (χ2n) is 4.01. The summed E-state index contributed by atoms with van der Waals surface area (Å²) in [5.41, 5.74) is 4.99. The highest BCUT2D eigenvalue weighted by Gasteiger charge is 2.32. The van der Waals surface area contributed by atoms with Crippen molar-refractivity contribution < 1.29 is 10.0 Å². The molecule has 7 heteroatoms. The summed E-state index contributed by atoms with van der Waals surface area (Å²) < 4.78 is 0. The largest absolute Gasteiger partial charge is 0.409 e. The van der Waals surface area contributed by atoms with Gasteiger partial charge in [-0.15, -0.1) is 0 Å². The summed E-state index contributed by atoms with van der Waals surface area (Å²) in [6.45, 7) is 3.37. The molecule has 0 spiro atoms. The maximum absolute atomic E-state index is 11.8. The lowest BCUT2D eigenvalue weighted by Crippen LogP contribution is -2.45. The number of aromatic nitrogens is 2. The lowest BCUT2D eigenvalue weighted by atomic mass is 9.91. The zero-order valence-electron chi connectivity index (χ0n) is 9.71. The third-order valence-electron chi connectivity index (χ3n) is 2.37. The topological polar surface area (TPSA) is 113 Å². The van der Waals surface area contributed by atoms with E-state index in [0.717, 1.165) is 0 Å². The van der Waals surface area contributed by atoms with Gasteiger partial charge < -0.3 is 16.3 Å². The van der Waals surface area contributed by atoms with E-state index in [0.29, 0.717) is 5.69 Å². The first-order chi connectivity index (χ1) is 7.98.